The Morgan fingerprint density at radius 1 is 1.25 bits per heavy atom. The minimum absolute atomic E-state index is 0.131. The van der Waals surface area contributed by atoms with Gasteiger partial charge >= 0.3 is 0 Å². The number of nitrogens with zero attached hydrogens (tertiary/aromatic N) is 3. The van der Waals surface area contributed by atoms with Gasteiger partial charge in [-0.05, 0) is 18.6 Å². The summed E-state index contributed by atoms with van der Waals surface area (Å²) in [7, 11) is -3.88. The van der Waals surface area contributed by atoms with E-state index in [-0.39, 0.29) is 11.8 Å². The van der Waals surface area contributed by atoms with Gasteiger partial charge in [0.25, 0.3) is 15.2 Å². The van der Waals surface area contributed by atoms with Gasteiger partial charge in [-0.25, -0.2) is 13.6 Å². The van der Waals surface area contributed by atoms with Gasteiger partial charge in [-0.1, -0.05) is 25.1 Å². The minimum atomic E-state index is -3.88. The minimum Gasteiger partial charge on any atom is -0.486 e. The quantitative estimate of drug-likeness (QED) is 0.854. The van der Waals surface area contributed by atoms with Crippen LogP contribution in [-0.2, 0) is 23.2 Å². The Bertz CT molecular complexity index is 667. The highest BCUT2D eigenvalue weighted by molar-refractivity contribution is 7.89. The van der Waals surface area contributed by atoms with Crippen molar-refractivity contribution >= 4 is 10.0 Å². The van der Waals surface area contributed by atoms with Gasteiger partial charge in [-0.15, -0.1) is 10.2 Å². The molecule has 2 aromatic rings. The molecule has 0 atom stereocenters. The molecular formula is C12H16N4O3S. The molecule has 0 radical (unpaired) electrons. The molecule has 8 heteroatoms. The first-order chi connectivity index (χ1) is 9.52. The molecule has 0 aliphatic carbocycles. The number of sulfonamides is 1. The summed E-state index contributed by atoms with van der Waals surface area (Å²) in [6.07, 6.45) is 0.735. The Balaban J connectivity index is 2.22. The van der Waals surface area contributed by atoms with Crippen LogP contribution < -0.4 is 9.88 Å². The van der Waals surface area contributed by atoms with Gasteiger partial charge in [0.2, 0.25) is 0 Å². The maximum absolute atomic E-state index is 11.4. The number of benzene rings is 1. The second-order valence-electron chi connectivity index (χ2n) is 4.20. The zero-order valence-electron chi connectivity index (χ0n) is 11.1. The van der Waals surface area contributed by atoms with E-state index in [0.29, 0.717) is 18.1 Å². The van der Waals surface area contributed by atoms with Crippen molar-refractivity contribution in [3.63, 3.8) is 0 Å². The molecule has 108 valence electrons. The maximum atomic E-state index is 11.4. The Morgan fingerprint density at radius 2 is 1.95 bits per heavy atom. The van der Waals surface area contributed by atoms with Crippen LogP contribution >= 0.6 is 0 Å². The number of para-hydroxylation sites is 1. The fourth-order valence-corrected chi connectivity index (χ4v) is 2.41. The molecule has 0 aliphatic rings. The SMILES string of the molecule is CCCn1c(COc2ccccc2)nnc1S(N)(=O)=O. The van der Waals surface area contributed by atoms with Gasteiger partial charge < -0.3 is 4.74 Å². The van der Waals surface area contributed by atoms with E-state index in [0.717, 1.165) is 6.42 Å². The standard InChI is InChI=1S/C12H16N4O3S/c1-2-8-16-11(14-15-12(16)20(13,17)18)9-19-10-6-4-3-5-7-10/h3-7H,2,8-9H2,1H3,(H2,13,17,18). The fraction of sp³-hybridized carbons (Fsp3) is 0.333. The topological polar surface area (TPSA) is 100 Å². The van der Waals surface area contributed by atoms with Crippen molar-refractivity contribution in [3.8, 4) is 5.75 Å². The van der Waals surface area contributed by atoms with E-state index in [4.69, 9.17) is 9.88 Å². The third kappa shape index (κ3) is 3.34. The number of primary sulfonamides is 1. The second kappa shape index (κ2) is 6.02. The summed E-state index contributed by atoms with van der Waals surface area (Å²) >= 11 is 0. The van der Waals surface area contributed by atoms with E-state index in [1.807, 2.05) is 25.1 Å². The Labute approximate surface area is 117 Å². The molecule has 1 aromatic carbocycles. The third-order valence-electron chi connectivity index (χ3n) is 2.61. The molecule has 1 heterocycles. The lowest BCUT2D eigenvalue weighted by Gasteiger charge is -2.09. The average Bonchev–Trinajstić information content (AvgIpc) is 2.81. The zero-order chi connectivity index (χ0) is 14.6. The zero-order valence-corrected chi connectivity index (χ0v) is 11.9. The van der Waals surface area contributed by atoms with Crippen LogP contribution in [0.3, 0.4) is 0 Å². The highest BCUT2D eigenvalue weighted by atomic mass is 32.2. The molecule has 0 saturated carbocycles. The predicted molar refractivity (Wildman–Crippen MR) is 72.5 cm³/mol. The van der Waals surface area contributed by atoms with Crippen molar-refractivity contribution in [2.45, 2.75) is 31.7 Å². The Kier molecular flexibility index (Phi) is 4.35. The van der Waals surface area contributed by atoms with Crippen LogP contribution in [0.2, 0.25) is 0 Å². The van der Waals surface area contributed by atoms with E-state index < -0.39 is 10.0 Å². The molecular weight excluding hydrogens is 280 g/mol. The monoisotopic (exact) mass is 296 g/mol. The number of rotatable bonds is 6. The van der Waals surface area contributed by atoms with E-state index in [1.54, 1.807) is 12.1 Å². The summed E-state index contributed by atoms with van der Waals surface area (Å²) in [5.74, 6) is 1.11. The maximum Gasteiger partial charge on any atom is 0.273 e. The largest absolute Gasteiger partial charge is 0.486 e. The van der Waals surface area contributed by atoms with Gasteiger partial charge in [0.1, 0.15) is 12.4 Å². The first-order valence-corrected chi connectivity index (χ1v) is 7.69. The summed E-state index contributed by atoms with van der Waals surface area (Å²) < 4.78 is 29.9. The lowest BCUT2D eigenvalue weighted by atomic mass is 10.3. The van der Waals surface area contributed by atoms with Gasteiger partial charge in [0.05, 0.1) is 0 Å². The number of nitrogens with two attached hydrogens (primary N) is 1. The lowest BCUT2D eigenvalue weighted by molar-refractivity contribution is 0.287. The summed E-state index contributed by atoms with van der Waals surface area (Å²) in [5, 5.41) is 12.4. The molecule has 0 fully saturated rings. The van der Waals surface area contributed by atoms with E-state index in [1.165, 1.54) is 4.57 Å². The summed E-state index contributed by atoms with van der Waals surface area (Å²) in [6.45, 7) is 2.52. The van der Waals surface area contributed by atoms with Crippen LogP contribution in [0.25, 0.3) is 0 Å². The van der Waals surface area contributed by atoms with Crippen molar-refractivity contribution in [1.29, 1.82) is 0 Å². The number of aromatic nitrogens is 3. The molecule has 0 amide bonds. The molecule has 0 unspecified atom stereocenters. The molecule has 1 aromatic heterocycles. The van der Waals surface area contributed by atoms with E-state index >= 15 is 0 Å². The molecule has 2 N–H and O–H groups in total. The lowest BCUT2D eigenvalue weighted by Crippen LogP contribution is -2.20. The first kappa shape index (κ1) is 14.5. The van der Waals surface area contributed by atoms with Crippen LogP contribution in [0, 0.1) is 0 Å². The summed E-state index contributed by atoms with van der Waals surface area (Å²) in [6, 6.07) is 9.19. The van der Waals surface area contributed by atoms with Crippen molar-refractivity contribution < 1.29 is 13.2 Å². The third-order valence-corrected chi connectivity index (χ3v) is 3.42. The van der Waals surface area contributed by atoms with Gasteiger partial charge in [-0.3, -0.25) is 4.57 Å². The van der Waals surface area contributed by atoms with Crippen molar-refractivity contribution in [2.75, 3.05) is 0 Å². The van der Waals surface area contributed by atoms with Crippen LogP contribution in [0.5, 0.6) is 5.75 Å². The van der Waals surface area contributed by atoms with Crippen molar-refractivity contribution in [1.82, 2.24) is 14.8 Å². The number of hydrogen-bond acceptors (Lipinski definition) is 5. The van der Waals surface area contributed by atoms with Gasteiger partial charge in [0.15, 0.2) is 5.82 Å². The molecule has 0 aliphatic heterocycles. The molecule has 0 saturated heterocycles. The van der Waals surface area contributed by atoms with Crippen LogP contribution in [-0.4, -0.2) is 23.2 Å². The van der Waals surface area contributed by atoms with E-state index in [9.17, 15) is 8.42 Å². The molecule has 20 heavy (non-hydrogen) atoms. The first-order valence-electron chi connectivity index (χ1n) is 6.15. The van der Waals surface area contributed by atoms with Crippen molar-refractivity contribution in [2.24, 2.45) is 5.14 Å². The molecule has 2 rings (SSSR count). The average molecular weight is 296 g/mol. The number of hydrogen-bond donors (Lipinski definition) is 1. The van der Waals surface area contributed by atoms with Gasteiger partial charge in [0, 0.05) is 6.54 Å². The Morgan fingerprint density at radius 3 is 2.55 bits per heavy atom. The normalized spacial score (nSPS) is 11.5. The number of ether oxygens (including phenoxy) is 1. The molecule has 7 nitrogen and oxygen atoms in total. The molecule has 0 spiro atoms. The highest BCUT2D eigenvalue weighted by Gasteiger charge is 2.20. The smallest absolute Gasteiger partial charge is 0.273 e. The van der Waals surface area contributed by atoms with Gasteiger partial charge in [-0.2, -0.15) is 0 Å². The Hall–Kier alpha value is -1.93. The molecule has 0 bridgehead atoms. The van der Waals surface area contributed by atoms with Crippen LogP contribution in [0.1, 0.15) is 19.2 Å². The van der Waals surface area contributed by atoms with E-state index in [2.05, 4.69) is 10.2 Å². The van der Waals surface area contributed by atoms with Crippen LogP contribution in [0.15, 0.2) is 35.5 Å². The second-order valence-corrected chi connectivity index (χ2v) is 5.65. The summed E-state index contributed by atoms with van der Waals surface area (Å²) in [4.78, 5) is 0. The predicted octanol–water partition coefficient (Wildman–Crippen LogP) is 0.915. The fourth-order valence-electron chi connectivity index (χ4n) is 1.75. The highest BCUT2D eigenvalue weighted by Crippen LogP contribution is 2.13. The van der Waals surface area contributed by atoms with Crippen molar-refractivity contribution in [3.05, 3.63) is 36.2 Å². The van der Waals surface area contributed by atoms with Crippen LogP contribution in [0.4, 0.5) is 0 Å². The summed E-state index contributed by atoms with van der Waals surface area (Å²) in [5.41, 5.74) is 0.